The fraction of sp³-hybridized carbons (Fsp3) is 0.583. The van der Waals surface area contributed by atoms with E-state index in [-0.39, 0.29) is 11.3 Å². The summed E-state index contributed by atoms with van der Waals surface area (Å²) in [5, 5.41) is 9.99. The summed E-state index contributed by atoms with van der Waals surface area (Å²) in [5.74, 6) is 1.78. The molecule has 0 saturated carbocycles. The maximum Gasteiger partial charge on any atom is 0.231 e. The Morgan fingerprint density at radius 2 is 2.05 bits per heavy atom. The second-order valence-corrected chi connectivity index (χ2v) is 5.35. The van der Waals surface area contributed by atoms with Crippen molar-refractivity contribution in [2.45, 2.75) is 32.2 Å². The number of anilines is 2. The molecule has 1 fully saturated rings. The lowest BCUT2D eigenvalue weighted by atomic mass is 10.1. The molecular formula is C12H17ClN8. The molecule has 0 radical (unpaired) electrons. The van der Waals surface area contributed by atoms with Gasteiger partial charge in [-0.25, -0.2) is 4.98 Å². The third-order valence-corrected chi connectivity index (χ3v) is 3.59. The van der Waals surface area contributed by atoms with Gasteiger partial charge in [0.2, 0.25) is 17.2 Å². The van der Waals surface area contributed by atoms with Gasteiger partial charge in [0.25, 0.3) is 0 Å². The largest absolute Gasteiger partial charge is 0.344 e. The number of rotatable bonds is 4. The SMILES string of the molecule is CC(Nc1nc(Cl)nc(N2CCCCC2)n1)c1ncn[nH]1. The molecule has 1 saturated heterocycles. The first-order valence-corrected chi connectivity index (χ1v) is 7.38. The minimum absolute atomic E-state index is 0.0971. The van der Waals surface area contributed by atoms with Crippen molar-refractivity contribution in [2.24, 2.45) is 0 Å². The zero-order chi connectivity index (χ0) is 14.7. The lowest BCUT2D eigenvalue weighted by molar-refractivity contribution is 0.567. The summed E-state index contributed by atoms with van der Waals surface area (Å²) < 4.78 is 0. The molecule has 21 heavy (non-hydrogen) atoms. The summed E-state index contributed by atoms with van der Waals surface area (Å²) in [5.41, 5.74) is 0. The summed E-state index contributed by atoms with van der Waals surface area (Å²) in [4.78, 5) is 19.0. The average Bonchev–Trinajstić information content (AvgIpc) is 3.02. The van der Waals surface area contributed by atoms with E-state index in [0.717, 1.165) is 25.9 Å². The molecule has 1 aliphatic heterocycles. The molecule has 8 nitrogen and oxygen atoms in total. The lowest BCUT2D eigenvalue weighted by Gasteiger charge is -2.26. The van der Waals surface area contributed by atoms with Crippen LogP contribution in [0.1, 0.15) is 38.1 Å². The van der Waals surface area contributed by atoms with Crippen molar-refractivity contribution in [3.05, 3.63) is 17.4 Å². The molecular weight excluding hydrogens is 292 g/mol. The molecule has 2 aromatic heterocycles. The molecule has 112 valence electrons. The van der Waals surface area contributed by atoms with Gasteiger partial charge in [0.15, 0.2) is 0 Å². The van der Waals surface area contributed by atoms with Gasteiger partial charge in [0.1, 0.15) is 12.2 Å². The van der Waals surface area contributed by atoms with Gasteiger partial charge in [0.05, 0.1) is 6.04 Å². The molecule has 1 unspecified atom stereocenters. The number of H-pyrrole nitrogens is 1. The molecule has 1 aliphatic rings. The smallest absolute Gasteiger partial charge is 0.231 e. The van der Waals surface area contributed by atoms with E-state index in [1.807, 2.05) is 6.92 Å². The van der Waals surface area contributed by atoms with Crippen LogP contribution in [-0.4, -0.2) is 43.2 Å². The van der Waals surface area contributed by atoms with Crippen LogP contribution in [0.3, 0.4) is 0 Å². The second-order valence-electron chi connectivity index (χ2n) is 5.01. The van der Waals surface area contributed by atoms with E-state index < -0.39 is 0 Å². The van der Waals surface area contributed by atoms with Gasteiger partial charge in [-0.15, -0.1) is 0 Å². The number of aromatic nitrogens is 6. The number of aromatic amines is 1. The Kier molecular flexibility index (Phi) is 4.14. The van der Waals surface area contributed by atoms with Crippen LogP contribution in [0.4, 0.5) is 11.9 Å². The number of hydrogen-bond donors (Lipinski definition) is 2. The lowest BCUT2D eigenvalue weighted by Crippen LogP contribution is -2.31. The van der Waals surface area contributed by atoms with Gasteiger partial charge in [-0.2, -0.15) is 20.1 Å². The Balaban J connectivity index is 1.77. The zero-order valence-corrected chi connectivity index (χ0v) is 12.5. The molecule has 3 rings (SSSR count). The first kappa shape index (κ1) is 14.0. The molecule has 2 aromatic rings. The maximum atomic E-state index is 6.01. The fourth-order valence-corrected chi connectivity index (χ4v) is 2.48. The standard InChI is InChI=1S/C12H17ClN8/c1-8(9-14-7-15-20-9)16-11-17-10(13)18-12(19-11)21-5-3-2-4-6-21/h7-8H,2-6H2,1H3,(H,14,15,20)(H,16,17,18,19). The Morgan fingerprint density at radius 3 is 2.76 bits per heavy atom. The Hall–Kier alpha value is -1.96. The van der Waals surface area contributed by atoms with Gasteiger partial charge in [0, 0.05) is 13.1 Å². The highest BCUT2D eigenvalue weighted by Gasteiger charge is 2.17. The average molecular weight is 309 g/mol. The van der Waals surface area contributed by atoms with Crippen molar-refractivity contribution in [3.63, 3.8) is 0 Å². The van der Waals surface area contributed by atoms with E-state index in [9.17, 15) is 0 Å². The highest BCUT2D eigenvalue weighted by Crippen LogP contribution is 2.20. The summed E-state index contributed by atoms with van der Waals surface area (Å²) in [6, 6.07) is -0.0971. The highest BCUT2D eigenvalue weighted by atomic mass is 35.5. The van der Waals surface area contributed by atoms with Crippen molar-refractivity contribution in [1.29, 1.82) is 0 Å². The van der Waals surface area contributed by atoms with Crippen LogP contribution in [0, 0.1) is 0 Å². The van der Waals surface area contributed by atoms with Gasteiger partial charge in [-0.1, -0.05) is 0 Å². The predicted octanol–water partition coefficient (Wildman–Crippen LogP) is 1.81. The number of piperidine rings is 1. The predicted molar refractivity (Wildman–Crippen MR) is 79.3 cm³/mol. The van der Waals surface area contributed by atoms with Gasteiger partial charge < -0.3 is 10.2 Å². The summed E-state index contributed by atoms with van der Waals surface area (Å²) in [7, 11) is 0. The van der Waals surface area contributed by atoms with E-state index in [0.29, 0.717) is 17.7 Å². The first-order chi connectivity index (χ1) is 10.2. The number of nitrogens with zero attached hydrogens (tertiary/aromatic N) is 6. The zero-order valence-electron chi connectivity index (χ0n) is 11.8. The number of nitrogens with one attached hydrogen (secondary N) is 2. The van der Waals surface area contributed by atoms with Crippen molar-refractivity contribution in [3.8, 4) is 0 Å². The molecule has 9 heteroatoms. The van der Waals surface area contributed by atoms with Crippen molar-refractivity contribution in [2.75, 3.05) is 23.3 Å². The van der Waals surface area contributed by atoms with Crippen molar-refractivity contribution >= 4 is 23.5 Å². The molecule has 2 N–H and O–H groups in total. The summed E-state index contributed by atoms with van der Waals surface area (Å²) in [6.07, 6.45) is 5.02. The third-order valence-electron chi connectivity index (χ3n) is 3.42. The minimum Gasteiger partial charge on any atom is -0.344 e. The van der Waals surface area contributed by atoms with Crippen molar-refractivity contribution < 1.29 is 0 Å². The van der Waals surface area contributed by atoms with Crippen molar-refractivity contribution in [1.82, 2.24) is 30.1 Å². The van der Waals surface area contributed by atoms with Crippen LogP contribution in [0.25, 0.3) is 0 Å². The minimum atomic E-state index is -0.0971. The Bertz CT molecular complexity index is 581. The number of halogens is 1. The first-order valence-electron chi connectivity index (χ1n) is 7.00. The molecule has 0 amide bonds. The normalized spacial score (nSPS) is 16.8. The summed E-state index contributed by atoms with van der Waals surface area (Å²) in [6.45, 7) is 3.85. The van der Waals surface area contributed by atoms with Crippen LogP contribution in [0.15, 0.2) is 6.33 Å². The van der Waals surface area contributed by atoms with Gasteiger partial charge in [-0.3, -0.25) is 5.10 Å². The van der Waals surface area contributed by atoms with Crippen LogP contribution in [0.5, 0.6) is 0 Å². The van der Waals surface area contributed by atoms with Gasteiger partial charge >= 0.3 is 0 Å². The molecule has 1 atom stereocenters. The molecule has 0 bridgehead atoms. The molecule has 0 aliphatic carbocycles. The monoisotopic (exact) mass is 308 g/mol. The topological polar surface area (TPSA) is 95.5 Å². The second kappa shape index (κ2) is 6.21. The summed E-state index contributed by atoms with van der Waals surface area (Å²) >= 11 is 6.01. The Morgan fingerprint density at radius 1 is 1.24 bits per heavy atom. The molecule has 0 spiro atoms. The van der Waals surface area contributed by atoms with E-state index in [1.165, 1.54) is 12.7 Å². The number of hydrogen-bond acceptors (Lipinski definition) is 7. The molecule has 0 aromatic carbocycles. The van der Waals surface area contributed by atoms with Gasteiger partial charge in [-0.05, 0) is 37.8 Å². The fourth-order valence-electron chi connectivity index (χ4n) is 2.33. The van der Waals surface area contributed by atoms with E-state index >= 15 is 0 Å². The van der Waals surface area contributed by atoms with E-state index in [2.05, 4.69) is 40.3 Å². The molecule has 3 heterocycles. The van der Waals surface area contributed by atoms with Crippen LogP contribution in [-0.2, 0) is 0 Å². The van der Waals surface area contributed by atoms with Crippen LogP contribution < -0.4 is 10.2 Å². The Labute approximate surface area is 127 Å². The van der Waals surface area contributed by atoms with Crippen LogP contribution >= 0.6 is 11.6 Å². The highest BCUT2D eigenvalue weighted by molar-refractivity contribution is 6.28. The van der Waals surface area contributed by atoms with E-state index in [1.54, 1.807) is 0 Å². The van der Waals surface area contributed by atoms with Crippen LogP contribution in [0.2, 0.25) is 5.28 Å². The third kappa shape index (κ3) is 3.38. The van der Waals surface area contributed by atoms with E-state index in [4.69, 9.17) is 11.6 Å². The maximum absolute atomic E-state index is 6.01. The quantitative estimate of drug-likeness (QED) is 0.889.